The van der Waals surface area contributed by atoms with Gasteiger partial charge in [0.1, 0.15) is 4.83 Å². The van der Waals surface area contributed by atoms with E-state index in [9.17, 15) is 9.59 Å². The number of hydrogen-bond acceptors (Lipinski definition) is 5. The molecule has 0 spiro atoms. The maximum Gasteiger partial charge on any atom is 0.262 e. The Labute approximate surface area is 167 Å². The zero-order chi connectivity index (χ0) is 19.8. The van der Waals surface area contributed by atoms with Crippen molar-refractivity contribution in [2.24, 2.45) is 0 Å². The molecule has 1 aliphatic rings. The molecule has 0 aliphatic heterocycles. The number of thiophene rings is 1. The van der Waals surface area contributed by atoms with Crippen LogP contribution >= 0.6 is 11.3 Å². The molecule has 28 heavy (non-hydrogen) atoms. The van der Waals surface area contributed by atoms with Gasteiger partial charge >= 0.3 is 0 Å². The van der Waals surface area contributed by atoms with Gasteiger partial charge in [-0.1, -0.05) is 0 Å². The topological polar surface area (TPSA) is 76.9 Å². The van der Waals surface area contributed by atoms with Crippen molar-refractivity contribution in [2.75, 3.05) is 5.32 Å². The molecule has 0 bridgehead atoms. The van der Waals surface area contributed by atoms with Crippen LogP contribution in [0.4, 0.5) is 5.69 Å². The zero-order valence-corrected chi connectivity index (χ0v) is 17.3. The second kappa shape index (κ2) is 7.47. The van der Waals surface area contributed by atoms with Crippen molar-refractivity contribution < 1.29 is 4.79 Å². The molecule has 3 aromatic rings. The largest absolute Gasteiger partial charge is 0.324 e. The fourth-order valence-electron chi connectivity index (χ4n) is 3.98. The highest BCUT2D eigenvalue weighted by molar-refractivity contribution is 7.18. The first-order valence-electron chi connectivity index (χ1n) is 9.68. The van der Waals surface area contributed by atoms with Gasteiger partial charge in [-0.2, -0.15) is 0 Å². The zero-order valence-electron chi connectivity index (χ0n) is 16.5. The van der Waals surface area contributed by atoms with E-state index in [0.717, 1.165) is 52.1 Å². The van der Waals surface area contributed by atoms with E-state index in [1.54, 1.807) is 22.2 Å². The SMILES string of the molecule is Cc1cc(C)c(NC(=O)CCn2cnc3sc4c(c3c2=O)CCCC4)c(C)n1. The molecule has 1 amide bonds. The van der Waals surface area contributed by atoms with Crippen molar-refractivity contribution in [1.82, 2.24) is 14.5 Å². The molecule has 0 atom stereocenters. The lowest BCUT2D eigenvalue weighted by Gasteiger charge is -2.12. The number of amides is 1. The van der Waals surface area contributed by atoms with Gasteiger partial charge in [-0.05, 0) is 63.6 Å². The minimum absolute atomic E-state index is 0.0263. The number of nitrogens with one attached hydrogen (secondary N) is 1. The first-order chi connectivity index (χ1) is 13.4. The van der Waals surface area contributed by atoms with Gasteiger partial charge in [0.25, 0.3) is 5.56 Å². The van der Waals surface area contributed by atoms with E-state index in [2.05, 4.69) is 15.3 Å². The van der Waals surface area contributed by atoms with Gasteiger partial charge in [0.2, 0.25) is 5.91 Å². The number of fused-ring (bicyclic) bond motifs is 3. The monoisotopic (exact) mass is 396 g/mol. The van der Waals surface area contributed by atoms with Crippen LogP contribution in [0.1, 0.15) is 46.7 Å². The summed E-state index contributed by atoms with van der Waals surface area (Å²) in [6.45, 7) is 6.09. The number of aromatic nitrogens is 3. The molecular weight excluding hydrogens is 372 g/mol. The normalized spacial score (nSPS) is 13.5. The molecule has 0 saturated carbocycles. The number of rotatable bonds is 4. The van der Waals surface area contributed by atoms with Crippen LogP contribution < -0.4 is 10.9 Å². The van der Waals surface area contributed by atoms with E-state index in [1.165, 1.54) is 16.9 Å². The molecule has 0 radical (unpaired) electrons. The highest BCUT2D eigenvalue weighted by atomic mass is 32.1. The minimum Gasteiger partial charge on any atom is -0.324 e. The van der Waals surface area contributed by atoms with Crippen molar-refractivity contribution in [3.8, 4) is 0 Å². The van der Waals surface area contributed by atoms with Gasteiger partial charge in [-0.15, -0.1) is 11.3 Å². The van der Waals surface area contributed by atoms with E-state index >= 15 is 0 Å². The molecule has 7 heteroatoms. The van der Waals surface area contributed by atoms with Crippen molar-refractivity contribution in [3.63, 3.8) is 0 Å². The van der Waals surface area contributed by atoms with Crippen LogP contribution in [-0.4, -0.2) is 20.4 Å². The Hall–Kier alpha value is -2.54. The first kappa shape index (κ1) is 18.8. The number of aryl methyl sites for hydroxylation is 6. The second-order valence-corrected chi connectivity index (χ2v) is 8.56. The number of pyridine rings is 1. The van der Waals surface area contributed by atoms with Gasteiger partial charge < -0.3 is 5.32 Å². The molecule has 0 unspecified atom stereocenters. The Morgan fingerprint density at radius 1 is 1.25 bits per heavy atom. The molecule has 0 aromatic carbocycles. The maximum atomic E-state index is 13.0. The maximum absolute atomic E-state index is 13.0. The molecule has 146 valence electrons. The summed E-state index contributed by atoms with van der Waals surface area (Å²) in [4.78, 5) is 36.5. The van der Waals surface area contributed by atoms with Crippen LogP contribution in [0.25, 0.3) is 10.2 Å². The van der Waals surface area contributed by atoms with Gasteiger partial charge in [-0.3, -0.25) is 19.1 Å². The summed E-state index contributed by atoms with van der Waals surface area (Å²) >= 11 is 1.64. The molecule has 3 heterocycles. The van der Waals surface area contributed by atoms with Gasteiger partial charge in [-0.25, -0.2) is 4.98 Å². The fourth-order valence-corrected chi connectivity index (χ4v) is 5.20. The number of carbonyl (C=O) groups is 1. The molecule has 3 aromatic heterocycles. The Morgan fingerprint density at radius 3 is 2.82 bits per heavy atom. The third-order valence-corrected chi connectivity index (χ3v) is 6.51. The third-order valence-electron chi connectivity index (χ3n) is 5.31. The number of hydrogen-bond donors (Lipinski definition) is 1. The molecule has 6 nitrogen and oxygen atoms in total. The van der Waals surface area contributed by atoms with Crippen LogP contribution in [0.5, 0.6) is 0 Å². The summed E-state index contributed by atoms with van der Waals surface area (Å²) in [6, 6.07) is 1.95. The molecule has 4 rings (SSSR count). The number of anilines is 1. The highest BCUT2D eigenvalue weighted by Gasteiger charge is 2.20. The summed E-state index contributed by atoms with van der Waals surface area (Å²) in [5, 5.41) is 3.70. The van der Waals surface area contributed by atoms with E-state index in [-0.39, 0.29) is 17.9 Å². The molecular formula is C21H24N4O2S. The third kappa shape index (κ3) is 3.46. The van der Waals surface area contributed by atoms with Crippen LogP contribution in [0.2, 0.25) is 0 Å². The highest BCUT2D eigenvalue weighted by Crippen LogP contribution is 2.33. The van der Waals surface area contributed by atoms with Crippen molar-refractivity contribution in [2.45, 2.75) is 59.4 Å². The predicted octanol–water partition coefficient (Wildman–Crippen LogP) is 3.69. The predicted molar refractivity (Wildman–Crippen MR) is 112 cm³/mol. The van der Waals surface area contributed by atoms with E-state index in [1.807, 2.05) is 26.8 Å². The number of carbonyl (C=O) groups excluding carboxylic acids is 1. The average Bonchev–Trinajstić information content (AvgIpc) is 3.03. The Kier molecular flexibility index (Phi) is 5.02. The summed E-state index contributed by atoms with van der Waals surface area (Å²) in [5.74, 6) is -0.129. The Balaban J connectivity index is 1.52. The summed E-state index contributed by atoms with van der Waals surface area (Å²) < 4.78 is 1.57. The summed E-state index contributed by atoms with van der Waals surface area (Å²) in [5.41, 5.74) is 4.63. The molecule has 1 aliphatic carbocycles. The molecule has 0 saturated heterocycles. The Morgan fingerprint density at radius 2 is 2.04 bits per heavy atom. The minimum atomic E-state index is -0.129. The first-order valence-corrected chi connectivity index (χ1v) is 10.5. The Bertz CT molecular complexity index is 1110. The van der Waals surface area contributed by atoms with E-state index in [4.69, 9.17) is 0 Å². The van der Waals surface area contributed by atoms with Gasteiger partial charge in [0.05, 0.1) is 23.1 Å². The summed E-state index contributed by atoms with van der Waals surface area (Å²) in [7, 11) is 0. The van der Waals surface area contributed by atoms with E-state index in [0.29, 0.717) is 6.54 Å². The quantitative estimate of drug-likeness (QED) is 0.730. The van der Waals surface area contributed by atoms with Crippen molar-refractivity contribution in [3.05, 3.63) is 50.1 Å². The van der Waals surface area contributed by atoms with Crippen molar-refractivity contribution in [1.29, 1.82) is 0 Å². The lowest BCUT2D eigenvalue weighted by atomic mass is 9.97. The average molecular weight is 397 g/mol. The lowest BCUT2D eigenvalue weighted by molar-refractivity contribution is -0.116. The van der Waals surface area contributed by atoms with Crippen LogP contribution in [0.15, 0.2) is 17.2 Å². The van der Waals surface area contributed by atoms with Crippen LogP contribution in [0, 0.1) is 20.8 Å². The number of nitrogens with zero attached hydrogens (tertiary/aromatic N) is 3. The smallest absolute Gasteiger partial charge is 0.262 e. The summed E-state index contributed by atoms with van der Waals surface area (Å²) in [6.07, 6.45) is 6.09. The van der Waals surface area contributed by atoms with Crippen LogP contribution in [-0.2, 0) is 24.2 Å². The molecule has 0 fully saturated rings. The lowest BCUT2D eigenvalue weighted by Crippen LogP contribution is -2.24. The van der Waals surface area contributed by atoms with Crippen LogP contribution in [0.3, 0.4) is 0 Å². The fraction of sp³-hybridized carbons (Fsp3) is 0.429. The van der Waals surface area contributed by atoms with Gasteiger partial charge in [0.15, 0.2) is 0 Å². The second-order valence-electron chi connectivity index (χ2n) is 7.47. The molecule has 1 N–H and O–H groups in total. The van der Waals surface area contributed by atoms with Gasteiger partial charge in [0, 0.05) is 23.5 Å². The van der Waals surface area contributed by atoms with E-state index < -0.39 is 0 Å². The van der Waals surface area contributed by atoms with Crippen molar-refractivity contribution >= 4 is 33.1 Å². The standard InChI is InChI=1S/C21H24N4O2S/c1-12-10-13(2)23-14(3)19(12)24-17(26)8-9-25-11-22-20-18(21(25)27)15-6-4-5-7-16(15)28-20/h10-11H,4-9H2,1-3H3,(H,24,26).